The van der Waals surface area contributed by atoms with E-state index in [1.165, 1.54) is 12.1 Å². The highest BCUT2D eigenvalue weighted by molar-refractivity contribution is 5.67. The first kappa shape index (κ1) is 15.5. The van der Waals surface area contributed by atoms with Crippen LogP contribution in [0.3, 0.4) is 0 Å². The summed E-state index contributed by atoms with van der Waals surface area (Å²) in [4.78, 5) is 20.1. The molecule has 0 aliphatic rings. The lowest BCUT2D eigenvalue weighted by molar-refractivity contribution is -0.393. The molecule has 0 aromatic heterocycles. The lowest BCUT2D eigenvalue weighted by Gasteiger charge is -2.02. The van der Waals surface area contributed by atoms with Crippen molar-refractivity contribution in [1.82, 2.24) is 0 Å². The van der Waals surface area contributed by atoms with E-state index in [-0.39, 0.29) is 17.1 Å². The SMILES string of the molecule is CC(C)CC/C=N/Nc1ccc([N+](=O)[O-])cc1[N+](=O)[O-]. The standard InChI is InChI=1S/C12H16N4O4/c1-9(2)4-3-7-13-14-11-6-5-10(15(17)18)8-12(11)16(19)20/h5-9,14H,3-4H2,1-2H3/b13-7+. The van der Waals surface area contributed by atoms with E-state index in [9.17, 15) is 20.2 Å². The van der Waals surface area contributed by atoms with Crippen molar-refractivity contribution in [3.05, 3.63) is 38.4 Å². The number of nitro groups is 2. The van der Waals surface area contributed by atoms with Gasteiger partial charge in [-0.1, -0.05) is 13.8 Å². The zero-order chi connectivity index (χ0) is 15.1. The van der Waals surface area contributed by atoms with Gasteiger partial charge in [0.25, 0.3) is 5.69 Å². The minimum Gasteiger partial charge on any atom is -0.272 e. The first-order chi connectivity index (χ1) is 9.41. The number of rotatable bonds is 7. The van der Waals surface area contributed by atoms with Gasteiger partial charge in [0.15, 0.2) is 0 Å². The van der Waals surface area contributed by atoms with Crippen molar-refractivity contribution in [2.24, 2.45) is 11.0 Å². The normalized spacial score (nSPS) is 10.9. The molecule has 0 atom stereocenters. The van der Waals surface area contributed by atoms with Crippen LogP contribution < -0.4 is 5.43 Å². The average molecular weight is 280 g/mol. The molecule has 0 spiro atoms. The molecule has 0 aliphatic heterocycles. The summed E-state index contributed by atoms with van der Waals surface area (Å²) in [6.07, 6.45) is 3.35. The molecule has 108 valence electrons. The summed E-state index contributed by atoms with van der Waals surface area (Å²) in [5, 5.41) is 25.3. The molecule has 1 N–H and O–H groups in total. The van der Waals surface area contributed by atoms with Crippen molar-refractivity contribution < 1.29 is 9.85 Å². The van der Waals surface area contributed by atoms with E-state index in [2.05, 4.69) is 24.4 Å². The monoisotopic (exact) mass is 280 g/mol. The van der Waals surface area contributed by atoms with E-state index >= 15 is 0 Å². The molecule has 0 fully saturated rings. The zero-order valence-corrected chi connectivity index (χ0v) is 11.3. The van der Waals surface area contributed by atoms with Crippen LogP contribution in [0.4, 0.5) is 17.1 Å². The van der Waals surface area contributed by atoms with Crippen LogP contribution in [-0.2, 0) is 0 Å². The zero-order valence-electron chi connectivity index (χ0n) is 11.3. The molecular weight excluding hydrogens is 264 g/mol. The van der Waals surface area contributed by atoms with E-state index in [1.807, 2.05) is 0 Å². The van der Waals surface area contributed by atoms with Gasteiger partial charge in [-0.3, -0.25) is 25.7 Å². The van der Waals surface area contributed by atoms with Crippen molar-refractivity contribution >= 4 is 23.3 Å². The summed E-state index contributed by atoms with van der Waals surface area (Å²) in [7, 11) is 0. The predicted molar refractivity (Wildman–Crippen MR) is 75.9 cm³/mol. The Kier molecular flexibility index (Phi) is 5.57. The molecule has 0 saturated heterocycles. The van der Waals surface area contributed by atoms with Gasteiger partial charge in [0, 0.05) is 12.3 Å². The van der Waals surface area contributed by atoms with E-state index in [4.69, 9.17) is 0 Å². The summed E-state index contributed by atoms with van der Waals surface area (Å²) in [6, 6.07) is 3.38. The fraction of sp³-hybridized carbons (Fsp3) is 0.417. The third-order valence-electron chi connectivity index (χ3n) is 2.54. The van der Waals surface area contributed by atoms with Crippen LogP contribution in [0.5, 0.6) is 0 Å². The second-order valence-electron chi connectivity index (χ2n) is 4.61. The van der Waals surface area contributed by atoms with Crippen LogP contribution in [0, 0.1) is 26.1 Å². The second-order valence-corrected chi connectivity index (χ2v) is 4.61. The minimum absolute atomic E-state index is 0.126. The van der Waals surface area contributed by atoms with Crippen molar-refractivity contribution in [3.8, 4) is 0 Å². The molecule has 8 heteroatoms. The number of benzene rings is 1. The summed E-state index contributed by atoms with van der Waals surface area (Å²) >= 11 is 0. The quantitative estimate of drug-likeness (QED) is 0.467. The first-order valence-corrected chi connectivity index (χ1v) is 6.12. The van der Waals surface area contributed by atoms with Crippen LogP contribution in [0.1, 0.15) is 26.7 Å². The molecule has 0 radical (unpaired) electrons. The first-order valence-electron chi connectivity index (χ1n) is 6.12. The third-order valence-corrected chi connectivity index (χ3v) is 2.54. The minimum atomic E-state index is -0.682. The van der Waals surface area contributed by atoms with Gasteiger partial charge in [-0.2, -0.15) is 5.10 Å². The Labute approximate surface area is 115 Å². The van der Waals surface area contributed by atoms with Crippen LogP contribution in [0.2, 0.25) is 0 Å². The van der Waals surface area contributed by atoms with Gasteiger partial charge in [-0.05, 0) is 24.8 Å². The molecule has 20 heavy (non-hydrogen) atoms. The summed E-state index contributed by atoms with van der Waals surface area (Å²) in [5.41, 5.74) is 1.96. The lowest BCUT2D eigenvalue weighted by Crippen LogP contribution is -1.98. The van der Waals surface area contributed by atoms with E-state index in [1.54, 1.807) is 6.21 Å². The van der Waals surface area contributed by atoms with Gasteiger partial charge in [0.2, 0.25) is 0 Å². The Morgan fingerprint density at radius 1 is 1.30 bits per heavy atom. The fourth-order valence-electron chi connectivity index (χ4n) is 1.47. The maximum Gasteiger partial charge on any atom is 0.301 e. The number of anilines is 1. The third kappa shape index (κ3) is 4.63. The molecule has 0 saturated carbocycles. The largest absolute Gasteiger partial charge is 0.301 e. The second kappa shape index (κ2) is 7.17. The summed E-state index contributed by atoms with van der Waals surface area (Å²) in [6.45, 7) is 4.17. The van der Waals surface area contributed by atoms with Gasteiger partial charge in [0.05, 0.1) is 15.9 Å². The Bertz CT molecular complexity index is 528. The molecule has 0 unspecified atom stereocenters. The predicted octanol–water partition coefficient (Wildman–Crippen LogP) is 3.34. The molecule has 0 amide bonds. The molecule has 0 bridgehead atoms. The van der Waals surface area contributed by atoms with Crippen LogP contribution in [0.15, 0.2) is 23.3 Å². The molecule has 0 aliphatic carbocycles. The number of hydrogen-bond acceptors (Lipinski definition) is 6. The van der Waals surface area contributed by atoms with Crippen LogP contribution >= 0.6 is 0 Å². The maximum absolute atomic E-state index is 10.9. The number of hydrazone groups is 1. The van der Waals surface area contributed by atoms with Crippen molar-refractivity contribution in [3.63, 3.8) is 0 Å². The number of non-ortho nitro benzene ring substituents is 1. The molecular formula is C12H16N4O4. The highest BCUT2D eigenvalue weighted by Crippen LogP contribution is 2.28. The molecule has 0 heterocycles. The van der Waals surface area contributed by atoms with Crippen molar-refractivity contribution in [2.45, 2.75) is 26.7 Å². The number of nitrogens with zero attached hydrogens (tertiary/aromatic N) is 3. The number of hydrogen-bond donors (Lipinski definition) is 1. The molecule has 1 aromatic carbocycles. The highest BCUT2D eigenvalue weighted by atomic mass is 16.6. The lowest BCUT2D eigenvalue weighted by atomic mass is 10.1. The Hall–Kier alpha value is -2.51. The number of nitro benzene ring substituents is 2. The Morgan fingerprint density at radius 3 is 2.55 bits per heavy atom. The highest BCUT2D eigenvalue weighted by Gasteiger charge is 2.18. The molecule has 1 rings (SSSR count). The summed E-state index contributed by atoms with van der Waals surface area (Å²) in [5.74, 6) is 0.551. The summed E-state index contributed by atoms with van der Waals surface area (Å²) < 4.78 is 0. The smallest absolute Gasteiger partial charge is 0.272 e. The maximum atomic E-state index is 10.9. The Morgan fingerprint density at radius 2 is 2.00 bits per heavy atom. The molecule has 1 aromatic rings. The fourth-order valence-corrected chi connectivity index (χ4v) is 1.47. The van der Waals surface area contributed by atoms with Gasteiger partial charge in [-0.15, -0.1) is 0 Å². The van der Waals surface area contributed by atoms with Gasteiger partial charge >= 0.3 is 5.69 Å². The van der Waals surface area contributed by atoms with Gasteiger partial charge in [-0.25, -0.2) is 0 Å². The van der Waals surface area contributed by atoms with E-state index in [0.717, 1.165) is 18.9 Å². The molecule has 8 nitrogen and oxygen atoms in total. The van der Waals surface area contributed by atoms with Crippen LogP contribution in [-0.4, -0.2) is 16.1 Å². The number of nitrogens with one attached hydrogen (secondary N) is 1. The average Bonchev–Trinajstić information content (AvgIpc) is 2.37. The van der Waals surface area contributed by atoms with Crippen LogP contribution in [0.25, 0.3) is 0 Å². The topological polar surface area (TPSA) is 111 Å². The Balaban J connectivity index is 2.79. The van der Waals surface area contributed by atoms with Gasteiger partial charge < -0.3 is 0 Å². The van der Waals surface area contributed by atoms with Gasteiger partial charge in [0.1, 0.15) is 5.69 Å². The van der Waals surface area contributed by atoms with Crippen molar-refractivity contribution in [2.75, 3.05) is 5.43 Å². The van der Waals surface area contributed by atoms with Crippen molar-refractivity contribution in [1.29, 1.82) is 0 Å². The van der Waals surface area contributed by atoms with E-state index < -0.39 is 9.85 Å². The van der Waals surface area contributed by atoms with E-state index in [0.29, 0.717) is 5.92 Å².